The van der Waals surface area contributed by atoms with Gasteiger partial charge in [0.05, 0.1) is 51.3 Å². The summed E-state index contributed by atoms with van der Waals surface area (Å²) in [4.78, 5) is 0. The van der Waals surface area contributed by atoms with Gasteiger partial charge in [-0.15, -0.1) is 19.7 Å². The molecule has 5 nitrogen and oxygen atoms in total. The van der Waals surface area contributed by atoms with Crippen molar-refractivity contribution in [2.24, 2.45) is 40.4 Å². The van der Waals surface area contributed by atoms with Gasteiger partial charge < -0.3 is 23.7 Å². The minimum absolute atomic E-state index is 0.0352. The molecule has 5 heteroatoms. The molecule has 0 bridgehead atoms. The lowest BCUT2D eigenvalue weighted by Crippen LogP contribution is -2.64. The van der Waals surface area contributed by atoms with Gasteiger partial charge in [-0.25, -0.2) is 0 Å². The zero-order valence-corrected chi connectivity index (χ0v) is 23.5. The van der Waals surface area contributed by atoms with Gasteiger partial charge in [0.25, 0.3) is 0 Å². The molecule has 0 radical (unpaired) electrons. The average molecular weight is 515 g/mol. The van der Waals surface area contributed by atoms with Crippen molar-refractivity contribution in [2.45, 2.75) is 89.8 Å². The summed E-state index contributed by atoms with van der Waals surface area (Å²) in [7, 11) is 0. The Morgan fingerprint density at radius 3 is 2.16 bits per heavy atom. The zero-order valence-electron chi connectivity index (χ0n) is 23.5. The summed E-state index contributed by atoms with van der Waals surface area (Å²) in [5.41, 5.74) is 0.235. The van der Waals surface area contributed by atoms with Gasteiger partial charge in [-0.1, -0.05) is 32.1 Å². The van der Waals surface area contributed by atoms with E-state index in [9.17, 15) is 0 Å². The SMILES string of the molecule is C=CCOC1CC2C[C@H](OCC=C)CC[C@]2(C)[C@H]2C[C@H](OCC=C)[C@]3(C)[C@@H](C4(C)OCCO4)CC[C@H]3C12. The number of hydrogen-bond donors (Lipinski definition) is 0. The van der Waals surface area contributed by atoms with Gasteiger partial charge in [-0.05, 0) is 81.0 Å². The van der Waals surface area contributed by atoms with Crippen molar-refractivity contribution < 1.29 is 23.7 Å². The van der Waals surface area contributed by atoms with E-state index in [2.05, 4.69) is 40.5 Å². The zero-order chi connectivity index (χ0) is 26.3. The summed E-state index contributed by atoms with van der Waals surface area (Å²) in [6.45, 7) is 22.2. The molecule has 5 aliphatic rings. The van der Waals surface area contributed by atoms with E-state index in [1.807, 2.05) is 18.2 Å². The molecule has 0 aromatic carbocycles. The summed E-state index contributed by atoms with van der Waals surface area (Å²) in [5, 5.41) is 0. The molecule has 1 saturated heterocycles. The van der Waals surface area contributed by atoms with Gasteiger partial charge in [-0.2, -0.15) is 0 Å². The minimum atomic E-state index is -0.536. The van der Waals surface area contributed by atoms with Gasteiger partial charge in [0, 0.05) is 11.3 Å². The monoisotopic (exact) mass is 514 g/mol. The highest BCUT2D eigenvalue weighted by atomic mass is 16.7. The van der Waals surface area contributed by atoms with Crippen LogP contribution in [0, 0.1) is 40.4 Å². The minimum Gasteiger partial charge on any atom is -0.374 e. The Kier molecular flexibility index (Phi) is 8.11. The van der Waals surface area contributed by atoms with E-state index in [0.717, 1.165) is 32.1 Å². The van der Waals surface area contributed by atoms with Crippen LogP contribution in [0.3, 0.4) is 0 Å². The molecule has 5 rings (SSSR count). The maximum absolute atomic E-state index is 6.73. The summed E-state index contributed by atoms with van der Waals surface area (Å²) in [6, 6.07) is 0. The van der Waals surface area contributed by atoms with E-state index >= 15 is 0 Å². The van der Waals surface area contributed by atoms with Crippen molar-refractivity contribution in [1.29, 1.82) is 0 Å². The van der Waals surface area contributed by atoms with Crippen LogP contribution < -0.4 is 0 Å². The maximum Gasteiger partial charge on any atom is 0.169 e. The molecule has 4 aliphatic carbocycles. The van der Waals surface area contributed by atoms with E-state index in [-0.39, 0.29) is 23.0 Å². The first-order valence-corrected chi connectivity index (χ1v) is 14.8. The molecular formula is C32H50O5. The summed E-state index contributed by atoms with van der Waals surface area (Å²) in [6.07, 6.45) is 14.3. The highest BCUT2D eigenvalue weighted by molar-refractivity contribution is 5.16. The first kappa shape index (κ1) is 27.6. The second kappa shape index (κ2) is 10.9. The normalized spacial score (nSPS) is 46.5. The fourth-order valence-electron chi connectivity index (χ4n) is 9.83. The lowest BCUT2D eigenvalue weighted by molar-refractivity contribution is -0.260. The van der Waals surface area contributed by atoms with E-state index in [0.29, 0.717) is 68.7 Å². The first-order chi connectivity index (χ1) is 17.8. The first-order valence-electron chi connectivity index (χ1n) is 14.8. The number of rotatable bonds is 10. The second-order valence-electron chi connectivity index (χ2n) is 13.0. The molecule has 37 heavy (non-hydrogen) atoms. The van der Waals surface area contributed by atoms with Crippen LogP contribution in [-0.2, 0) is 23.7 Å². The van der Waals surface area contributed by atoms with Crippen molar-refractivity contribution >= 4 is 0 Å². The third kappa shape index (κ3) is 4.61. The molecule has 3 unspecified atom stereocenters. The van der Waals surface area contributed by atoms with Gasteiger partial charge in [0.2, 0.25) is 0 Å². The molecule has 0 N–H and O–H groups in total. The second-order valence-corrected chi connectivity index (χ2v) is 13.0. The molecular weight excluding hydrogens is 464 g/mol. The Bertz CT molecular complexity index is 835. The molecule has 10 atom stereocenters. The molecule has 4 saturated carbocycles. The predicted octanol–water partition coefficient (Wildman–Crippen LogP) is 6.34. The van der Waals surface area contributed by atoms with Crippen LogP contribution >= 0.6 is 0 Å². The average Bonchev–Trinajstić information content (AvgIpc) is 3.49. The molecule has 1 aliphatic heterocycles. The van der Waals surface area contributed by atoms with Crippen LogP contribution in [0.15, 0.2) is 38.0 Å². The number of hydrogen-bond acceptors (Lipinski definition) is 5. The third-order valence-electron chi connectivity index (χ3n) is 11.5. The number of ether oxygens (including phenoxy) is 5. The molecule has 0 spiro atoms. The fraction of sp³-hybridized carbons (Fsp3) is 0.812. The van der Waals surface area contributed by atoms with Crippen molar-refractivity contribution in [2.75, 3.05) is 33.0 Å². The molecule has 208 valence electrons. The van der Waals surface area contributed by atoms with Crippen LogP contribution in [0.4, 0.5) is 0 Å². The van der Waals surface area contributed by atoms with Gasteiger partial charge in [0.15, 0.2) is 5.79 Å². The standard InChI is InChI=1S/C32H50O5/c1-7-14-33-23-12-13-30(4)22(19-23)20-26(34-15-8-2)29-24-10-11-27(32(6)36-17-18-37-32)31(24,5)28(21-25(29)30)35-16-9-3/h7-9,22-29H,1-3,10-21H2,4-6H3/t22?,23-,24+,25+,26?,27+,28+,29?,30+,31+/m1/s1. The van der Waals surface area contributed by atoms with E-state index < -0.39 is 5.79 Å². The molecule has 1 heterocycles. The van der Waals surface area contributed by atoms with Crippen LogP contribution in [0.1, 0.15) is 65.7 Å². The van der Waals surface area contributed by atoms with E-state index in [4.69, 9.17) is 23.7 Å². The van der Waals surface area contributed by atoms with Crippen molar-refractivity contribution in [3.63, 3.8) is 0 Å². The molecule has 0 aromatic rings. The summed E-state index contributed by atoms with van der Waals surface area (Å²) < 4.78 is 32.2. The molecule has 0 aromatic heterocycles. The quantitative estimate of drug-likeness (QED) is 0.318. The Hall–Kier alpha value is -0.980. The van der Waals surface area contributed by atoms with Gasteiger partial charge >= 0.3 is 0 Å². The Balaban J connectivity index is 1.50. The molecule has 5 fully saturated rings. The lowest BCUT2D eigenvalue weighted by atomic mass is 9.43. The van der Waals surface area contributed by atoms with Crippen LogP contribution in [0.2, 0.25) is 0 Å². The highest BCUT2D eigenvalue weighted by Crippen LogP contribution is 2.70. The predicted molar refractivity (Wildman–Crippen MR) is 146 cm³/mol. The van der Waals surface area contributed by atoms with Gasteiger partial charge in [0.1, 0.15) is 0 Å². The van der Waals surface area contributed by atoms with Crippen LogP contribution in [0.25, 0.3) is 0 Å². The largest absolute Gasteiger partial charge is 0.374 e. The van der Waals surface area contributed by atoms with Crippen molar-refractivity contribution in [3.05, 3.63) is 38.0 Å². The summed E-state index contributed by atoms with van der Waals surface area (Å²) in [5.74, 6) is 1.94. The Morgan fingerprint density at radius 2 is 1.46 bits per heavy atom. The van der Waals surface area contributed by atoms with Crippen molar-refractivity contribution in [1.82, 2.24) is 0 Å². The fourth-order valence-corrected chi connectivity index (χ4v) is 9.83. The Morgan fingerprint density at radius 1 is 0.784 bits per heavy atom. The third-order valence-corrected chi connectivity index (χ3v) is 11.5. The van der Waals surface area contributed by atoms with Gasteiger partial charge in [-0.3, -0.25) is 0 Å². The van der Waals surface area contributed by atoms with E-state index in [1.54, 1.807) is 0 Å². The number of fused-ring (bicyclic) bond motifs is 5. The smallest absolute Gasteiger partial charge is 0.169 e. The maximum atomic E-state index is 6.73. The lowest BCUT2D eigenvalue weighted by Gasteiger charge is -2.65. The topological polar surface area (TPSA) is 46.2 Å². The van der Waals surface area contributed by atoms with E-state index in [1.165, 1.54) is 12.8 Å². The van der Waals surface area contributed by atoms with Crippen molar-refractivity contribution in [3.8, 4) is 0 Å². The summed E-state index contributed by atoms with van der Waals surface area (Å²) >= 11 is 0. The van der Waals surface area contributed by atoms with Crippen LogP contribution in [0.5, 0.6) is 0 Å². The van der Waals surface area contributed by atoms with Crippen LogP contribution in [-0.4, -0.2) is 57.1 Å². The molecule has 0 amide bonds. The highest BCUT2D eigenvalue weighted by Gasteiger charge is 2.69. The Labute approximate surface area is 225 Å².